The number of benzene rings is 2. The minimum atomic E-state index is -0.985. The quantitative estimate of drug-likeness (QED) is 0.510. The number of carboxylic acids is 1. The third kappa shape index (κ3) is 5.19. The normalized spacial score (nSPS) is 12.4. The summed E-state index contributed by atoms with van der Waals surface area (Å²) >= 11 is 0. The summed E-state index contributed by atoms with van der Waals surface area (Å²) in [6.07, 6.45) is 3.40. The number of carbonyl (C=O) groups excluding carboxylic acids is 1. The van der Waals surface area contributed by atoms with Crippen LogP contribution in [0.2, 0.25) is 0 Å². The fourth-order valence-corrected chi connectivity index (χ4v) is 2.94. The van der Waals surface area contributed by atoms with Gasteiger partial charge in [0.25, 0.3) is 0 Å². The molecule has 0 spiro atoms. The van der Waals surface area contributed by atoms with Gasteiger partial charge in [-0.2, -0.15) is 0 Å². The second kappa shape index (κ2) is 7.75. The van der Waals surface area contributed by atoms with Crippen LogP contribution in [0.4, 0.5) is 0 Å². The average molecular weight is 379 g/mol. The van der Waals surface area contributed by atoms with Gasteiger partial charge in [0, 0.05) is 5.56 Å². The number of aryl methyl sites for hydroxylation is 1. The van der Waals surface area contributed by atoms with Crippen LogP contribution in [-0.4, -0.2) is 16.9 Å². The Morgan fingerprint density at radius 3 is 1.82 bits per heavy atom. The van der Waals surface area contributed by atoms with Crippen molar-refractivity contribution in [3.63, 3.8) is 0 Å². The van der Waals surface area contributed by atoms with Gasteiger partial charge in [0.15, 0.2) is 5.78 Å². The Labute approximate surface area is 168 Å². The molecule has 0 saturated carbocycles. The Hall–Kier alpha value is -2.68. The van der Waals surface area contributed by atoms with Crippen LogP contribution in [0.25, 0.3) is 6.08 Å². The lowest BCUT2D eigenvalue weighted by atomic mass is 9.79. The van der Waals surface area contributed by atoms with Crippen molar-refractivity contribution in [1.82, 2.24) is 0 Å². The van der Waals surface area contributed by atoms with Gasteiger partial charge < -0.3 is 5.11 Å². The summed E-state index contributed by atoms with van der Waals surface area (Å²) < 4.78 is 0. The van der Waals surface area contributed by atoms with E-state index < -0.39 is 5.97 Å². The Morgan fingerprint density at radius 2 is 1.39 bits per heavy atom. The zero-order chi connectivity index (χ0) is 21.3. The van der Waals surface area contributed by atoms with Crippen LogP contribution in [0.5, 0.6) is 0 Å². The molecule has 2 aromatic carbocycles. The van der Waals surface area contributed by atoms with Crippen LogP contribution >= 0.6 is 0 Å². The molecule has 0 aliphatic carbocycles. The maximum Gasteiger partial charge on any atom is 0.335 e. The van der Waals surface area contributed by atoms with Gasteiger partial charge in [0.1, 0.15) is 0 Å². The Morgan fingerprint density at radius 1 is 0.857 bits per heavy atom. The zero-order valence-electron chi connectivity index (χ0n) is 17.9. The first-order chi connectivity index (χ1) is 12.8. The van der Waals surface area contributed by atoms with Gasteiger partial charge >= 0.3 is 5.97 Å². The molecular weight excluding hydrogens is 348 g/mol. The fourth-order valence-electron chi connectivity index (χ4n) is 2.94. The molecule has 148 valence electrons. The van der Waals surface area contributed by atoms with Gasteiger partial charge in [-0.05, 0) is 58.2 Å². The molecule has 0 amide bonds. The third-order valence-corrected chi connectivity index (χ3v) is 4.86. The van der Waals surface area contributed by atoms with E-state index >= 15 is 0 Å². The van der Waals surface area contributed by atoms with Gasteiger partial charge in [-0.1, -0.05) is 71.9 Å². The molecule has 0 fully saturated rings. The average Bonchev–Trinajstić information content (AvgIpc) is 2.57. The molecule has 28 heavy (non-hydrogen) atoms. The molecule has 0 aliphatic rings. The summed E-state index contributed by atoms with van der Waals surface area (Å²) in [4.78, 5) is 23.7. The number of rotatable bonds is 4. The topological polar surface area (TPSA) is 54.4 Å². The predicted molar refractivity (Wildman–Crippen MR) is 115 cm³/mol. The van der Waals surface area contributed by atoms with Crippen molar-refractivity contribution >= 4 is 17.8 Å². The molecule has 0 unspecified atom stereocenters. The molecule has 0 aliphatic heterocycles. The van der Waals surface area contributed by atoms with Crippen molar-refractivity contribution in [1.29, 1.82) is 0 Å². The van der Waals surface area contributed by atoms with E-state index in [1.165, 1.54) is 17.2 Å². The maximum atomic E-state index is 12.6. The molecule has 0 heterocycles. The summed E-state index contributed by atoms with van der Waals surface area (Å²) in [6.45, 7) is 14.8. The standard InChI is InChI=1S/C25H30O3/c1-16-12-18(9-10-21(16)23(27)28)22(26)11-8-17-13-19(24(2,3)4)15-20(14-17)25(5,6)7/h8-15H,1-7H3,(H,27,28)/b11-8+. The first kappa shape index (κ1) is 21.6. The van der Waals surface area contributed by atoms with Crippen molar-refractivity contribution in [2.45, 2.75) is 59.3 Å². The van der Waals surface area contributed by atoms with Crippen LogP contribution in [0.3, 0.4) is 0 Å². The summed E-state index contributed by atoms with van der Waals surface area (Å²) in [5, 5.41) is 9.13. The highest BCUT2D eigenvalue weighted by Gasteiger charge is 2.20. The van der Waals surface area contributed by atoms with E-state index in [-0.39, 0.29) is 22.2 Å². The minimum Gasteiger partial charge on any atom is -0.478 e. The van der Waals surface area contributed by atoms with Crippen molar-refractivity contribution in [3.8, 4) is 0 Å². The van der Waals surface area contributed by atoms with Crippen LogP contribution in [0.15, 0.2) is 42.5 Å². The van der Waals surface area contributed by atoms with E-state index in [0.717, 1.165) is 5.56 Å². The molecule has 0 saturated heterocycles. The van der Waals surface area contributed by atoms with Crippen molar-refractivity contribution in [2.75, 3.05) is 0 Å². The van der Waals surface area contributed by atoms with E-state index in [1.807, 2.05) is 6.08 Å². The monoisotopic (exact) mass is 378 g/mol. The molecule has 3 nitrogen and oxygen atoms in total. The second-order valence-electron chi connectivity index (χ2n) is 9.38. The number of carbonyl (C=O) groups is 2. The third-order valence-electron chi connectivity index (χ3n) is 4.86. The van der Waals surface area contributed by atoms with Gasteiger partial charge in [0.2, 0.25) is 0 Å². The van der Waals surface area contributed by atoms with Crippen molar-refractivity contribution in [3.05, 3.63) is 75.9 Å². The Bertz CT molecular complexity index is 903. The SMILES string of the molecule is Cc1cc(C(=O)/C=C/c2cc(C(C)(C)C)cc(C(C)(C)C)c2)ccc1C(=O)O. The smallest absolute Gasteiger partial charge is 0.335 e. The molecule has 1 N–H and O–H groups in total. The molecule has 0 aromatic heterocycles. The summed E-state index contributed by atoms with van der Waals surface area (Å²) in [5.74, 6) is -1.13. The highest BCUT2D eigenvalue weighted by Crippen LogP contribution is 2.30. The molecule has 3 heteroatoms. The van der Waals surface area contributed by atoms with Gasteiger partial charge in [0.05, 0.1) is 5.56 Å². The lowest BCUT2D eigenvalue weighted by molar-refractivity contribution is 0.0695. The van der Waals surface area contributed by atoms with Crippen molar-refractivity contribution < 1.29 is 14.7 Å². The fraction of sp³-hybridized carbons (Fsp3) is 0.360. The summed E-state index contributed by atoms with van der Waals surface area (Å²) in [6, 6.07) is 11.2. The van der Waals surface area contributed by atoms with E-state index in [4.69, 9.17) is 5.11 Å². The molecular formula is C25H30O3. The molecule has 0 bridgehead atoms. The highest BCUT2D eigenvalue weighted by molar-refractivity contribution is 6.07. The minimum absolute atomic E-state index is 0.0115. The first-order valence-electron chi connectivity index (χ1n) is 9.51. The number of aromatic carboxylic acids is 1. The number of hydrogen-bond donors (Lipinski definition) is 1. The van der Waals surface area contributed by atoms with Crippen LogP contribution in [0, 0.1) is 6.92 Å². The van der Waals surface area contributed by atoms with E-state index in [9.17, 15) is 9.59 Å². The second-order valence-corrected chi connectivity index (χ2v) is 9.38. The Kier molecular flexibility index (Phi) is 5.98. The zero-order valence-corrected chi connectivity index (χ0v) is 17.9. The molecule has 0 radical (unpaired) electrons. The first-order valence-corrected chi connectivity index (χ1v) is 9.51. The predicted octanol–water partition coefficient (Wildman–Crippen LogP) is 6.18. The number of carboxylic acid groups (broad SMARTS) is 1. The number of allylic oxidation sites excluding steroid dienone is 1. The van der Waals surface area contributed by atoms with Crippen molar-refractivity contribution in [2.24, 2.45) is 0 Å². The van der Waals surface area contributed by atoms with E-state index in [0.29, 0.717) is 11.1 Å². The number of ketones is 1. The van der Waals surface area contributed by atoms with Gasteiger partial charge in [-0.3, -0.25) is 4.79 Å². The highest BCUT2D eigenvalue weighted by atomic mass is 16.4. The number of hydrogen-bond acceptors (Lipinski definition) is 2. The summed E-state index contributed by atoms with van der Waals surface area (Å²) in [5.41, 5.74) is 4.76. The molecule has 2 rings (SSSR count). The largest absolute Gasteiger partial charge is 0.478 e. The maximum absolute atomic E-state index is 12.6. The van der Waals surface area contributed by atoms with Crippen LogP contribution in [-0.2, 0) is 10.8 Å². The van der Waals surface area contributed by atoms with E-state index in [1.54, 1.807) is 25.1 Å². The lowest BCUT2D eigenvalue weighted by Crippen LogP contribution is -2.16. The molecule has 0 atom stereocenters. The van der Waals surface area contributed by atoms with Gasteiger partial charge in [-0.25, -0.2) is 4.79 Å². The molecule has 2 aromatic rings. The van der Waals surface area contributed by atoms with Crippen LogP contribution in [0.1, 0.15) is 84.5 Å². The summed E-state index contributed by atoms with van der Waals surface area (Å²) in [7, 11) is 0. The van der Waals surface area contributed by atoms with E-state index in [2.05, 4.69) is 59.7 Å². The lowest BCUT2D eigenvalue weighted by Gasteiger charge is -2.25. The Balaban J connectivity index is 2.38. The van der Waals surface area contributed by atoms with Crippen LogP contribution < -0.4 is 0 Å². The van der Waals surface area contributed by atoms with Gasteiger partial charge in [-0.15, -0.1) is 0 Å².